The minimum Gasteiger partial charge on any atom is -0.480 e. The van der Waals surface area contributed by atoms with Gasteiger partial charge in [0.2, 0.25) is 0 Å². The van der Waals surface area contributed by atoms with Gasteiger partial charge in [-0.25, -0.2) is 0 Å². The van der Waals surface area contributed by atoms with Gasteiger partial charge >= 0.3 is 5.97 Å². The van der Waals surface area contributed by atoms with Crippen LogP contribution in [0.3, 0.4) is 0 Å². The lowest BCUT2D eigenvalue weighted by atomic mass is 10.1. The van der Waals surface area contributed by atoms with Crippen LogP contribution in [0.4, 0.5) is 0 Å². The number of alkyl halides is 1. The van der Waals surface area contributed by atoms with E-state index in [1.165, 1.54) is 0 Å². The SMILES string of the molecule is O=C(O)[C@@H](Cl)c1cccc(Br)c1. The van der Waals surface area contributed by atoms with Crippen LogP contribution in [0, 0.1) is 0 Å². The highest BCUT2D eigenvalue weighted by Gasteiger charge is 2.15. The number of carbonyl (C=O) groups is 1. The summed E-state index contributed by atoms with van der Waals surface area (Å²) in [7, 11) is 0. The number of benzene rings is 1. The van der Waals surface area contributed by atoms with Gasteiger partial charge in [-0.05, 0) is 17.7 Å². The Hall–Kier alpha value is -0.540. The number of carboxylic acid groups (broad SMARTS) is 1. The largest absolute Gasteiger partial charge is 0.480 e. The lowest BCUT2D eigenvalue weighted by Crippen LogP contribution is -2.04. The van der Waals surface area contributed by atoms with E-state index >= 15 is 0 Å². The van der Waals surface area contributed by atoms with Crippen molar-refractivity contribution in [3.63, 3.8) is 0 Å². The first-order valence-corrected chi connectivity index (χ1v) is 4.46. The summed E-state index contributed by atoms with van der Waals surface area (Å²) < 4.78 is 0.826. The van der Waals surface area contributed by atoms with Gasteiger partial charge in [0.25, 0.3) is 0 Å². The second-order valence-electron chi connectivity index (χ2n) is 2.26. The van der Waals surface area contributed by atoms with Gasteiger partial charge in [-0.3, -0.25) is 4.79 Å². The fraction of sp³-hybridized carbons (Fsp3) is 0.125. The minimum absolute atomic E-state index is 0.582. The Bertz CT molecular complexity index is 301. The molecule has 1 aromatic rings. The molecule has 1 rings (SSSR count). The molecule has 0 heterocycles. The molecule has 2 nitrogen and oxygen atoms in total. The average Bonchev–Trinajstić information content (AvgIpc) is 2.03. The summed E-state index contributed by atoms with van der Waals surface area (Å²) in [6, 6.07) is 6.93. The smallest absolute Gasteiger partial charge is 0.326 e. The molecule has 0 saturated carbocycles. The van der Waals surface area contributed by atoms with E-state index in [1.807, 2.05) is 6.07 Å². The lowest BCUT2D eigenvalue weighted by Gasteiger charge is -2.03. The van der Waals surface area contributed by atoms with Crippen LogP contribution in [0.15, 0.2) is 28.7 Å². The highest BCUT2D eigenvalue weighted by atomic mass is 79.9. The van der Waals surface area contributed by atoms with Gasteiger partial charge in [0.15, 0.2) is 5.38 Å². The van der Waals surface area contributed by atoms with Crippen molar-refractivity contribution in [2.45, 2.75) is 5.38 Å². The lowest BCUT2D eigenvalue weighted by molar-refractivity contribution is -0.136. The number of aliphatic carboxylic acids is 1. The molecule has 12 heavy (non-hydrogen) atoms. The topological polar surface area (TPSA) is 37.3 Å². The van der Waals surface area contributed by atoms with Crippen LogP contribution in [-0.2, 0) is 4.79 Å². The van der Waals surface area contributed by atoms with E-state index < -0.39 is 11.3 Å². The third-order valence-corrected chi connectivity index (χ3v) is 2.29. The summed E-state index contributed by atoms with van der Waals surface area (Å²) in [4.78, 5) is 10.5. The van der Waals surface area contributed by atoms with Crippen molar-refractivity contribution in [1.29, 1.82) is 0 Å². The molecule has 0 unspecified atom stereocenters. The second-order valence-corrected chi connectivity index (χ2v) is 3.61. The zero-order valence-electron chi connectivity index (χ0n) is 6.00. The molecule has 0 aliphatic carbocycles. The molecular formula is C8H6BrClO2. The molecule has 0 radical (unpaired) electrons. The Morgan fingerprint density at radius 2 is 2.25 bits per heavy atom. The molecule has 1 atom stereocenters. The molecule has 0 spiro atoms. The number of hydrogen-bond acceptors (Lipinski definition) is 1. The van der Waals surface area contributed by atoms with E-state index in [9.17, 15) is 4.79 Å². The summed E-state index contributed by atoms with van der Waals surface area (Å²) >= 11 is 8.82. The van der Waals surface area contributed by atoms with Crippen LogP contribution in [0.5, 0.6) is 0 Å². The van der Waals surface area contributed by atoms with Crippen LogP contribution < -0.4 is 0 Å². The molecule has 0 aliphatic rings. The molecule has 1 aromatic carbocycles. The zero-order chi connectivity index (χ0) is 9.14. The Balaban J connectivity index is 2.95. The van der Waals surface area contributed by atoms with E-state index in [1.54, 1.807) is 18.2 Å². The summed E-state index contributed by atoms with van der Waals surface area (Å²) in [5.74, 6) is -1.03. The normalized spacial score (nSPS) is 12.5. The van der Waals surface area contributed by atoms with Crippen molar-refractivity contribution in [2.24, 2.45) is 0 Å². The monoisotopic (exact) mass is 248 g/mol. The van der Waals surface area contributed by atoms with Gasteiger partial charge in [-0.1, -0.05) is 28.1 Å². The van der Waals surface area contributed by atoms with Gasteiger partial charge in [0, 0.05) is 4.47 Å². The highest BCUT2D eigenvalue weighted by molar-refractivity contribution is 9.10. The van der Waals surface area contributed by atoms with Crippen molar-refractivity contribution < 1.29 is 9.90 Å². The molecule has 0 amide bonds. The molecule has 64 valence electrons. The molecule has 4 heteroatoms. The van der Waals surface area contributed by atoms with Crippen molar-refractivity contribution in [1.82, 2.24) is 0 Å². The highest BCUT2D eigenvalue weighted by Crippen LogP contribution is 2.23. The summed E-state index contributed by atoms with van der Waals surface area (Å²) in [6.45, 7) is 0. The van der Waals surface area contributed by atoms with Gasteiger partial charge in [0.1, 0.15) is 0 Å². The first-order valence-electron chi connectivity index (χ1n) is 3.23. The maximum atomic E-state index is 10.5. The average molecular weight is 249 g/mol. The Morgan fingerprint density at radius 1 is 1.58 bits per heavy atom. The molecule has 0 aromatic heterocycles. The Morgan fingerprint density at radius 3 is 2.75 bits per heavy atom. The predicted molar refractivity (Wildman–Crippen MR) is 50.4 cm³/mol. The third kappa shape index (κ3) is 2.22. The van der Waals surface area contributed by atoms with Crippen LogP contribution >= 0.6 is 27.5 Å². The number of carboxylic acids is 1. The first-order chi connectivity index (χ1) is 5.61. The molecule has 0 bridgehead atoms. The van der Waals surface area contributed by atoms with Gasteiger partial charge in [-0.15, -0.1) is 11.6 Å². The second kappa shape index (κ2) is 3.92. The van der Waals surface area contributed by atoms with Crippen LogP contribution in [-0.4, -0.2) is 11.1 Å². The zero-order valence-corrected chi connectivity index (χ0v) is 8.34. The van der Waals surface area contributed by atoms with Gasteiger partial charge < -0.3 is 5.11 Å². The minimum atomic E-state index is -1.03. The van der Waals surface area contributed by atoms with Gasteiger partial charge in [0.05, 0.1) is 0 Å². The molecule has 0 fully saturated rings. The van der Waals surface area contributed by atoms with E-state index in [2.05, 4.69) is 15.9 Å². The maximum Gasteiger partial charge on any atom is 0.326 e. The van der Waals surface area contributed by atoms with Crippen molar-refractivity contribution >= 4 is 33.5 Å². The summed E-state index contributed by atoms with van der Waals surface area (Å²) in [5, 5.41) is 7.61. The molecule has 0 saturated heterocycles. The molecule has 1 N–H and O–H groups in total. The van der Waals surface area contributed by atoms with Crippen LogP contribution in [0.2, 0.25) is 0 Å². The summed E-state index contributed by atoms with van der Waals surface area (Å²) in [5.41, 5.74) is 0.582. The molecule has 0 aliphatic heterocycles. The fourth-order valence-electron chi connectivity index (χ4n) is 0.807. The van der Waals surface area contributed by atoms with Crippen molar-refractivity contribution in [3.8, 4) is 0 Å². The Kier molecular flexibility index (Phi) is 3.12. The quantitative estimate of drug-likeness (QED) is 0.818. The Labute approximate surface area is 83.3 Å². The predicted octanol–water partition coefficient (Wildman–Crippen LogP) is 2.81. The van der Waals surface area contributed by atoms with Crippen molar-refractivity contribution in [2.75, 3.05) is 0 Å². The van der Waals surface area contributed by atoms with E-state index in [4.69, 9.17) is 16.7 Å². The van der Waals surface area contributed by atoms with Gasteiger partial charge in [-0.2, -0.15) is 0 Å². The van der Waals surface area contributed by atoms with Crippen LogP contribution in [0.25, 0.3) is 0 Å². The summed E-state index contributed by atoms with van der Waals surface area (Å²) in [6.07, 6.45) is 0. The third-order valence-electron chi connectivity index (χ3n) is 1.36. The number of halogens is 2. The number of hydrogen-bond donors (Lipinski definition) is 1. The standard InChI is InChI=1S/C8H6BrClO2/c9-6-3-1-2-5(4-6)7(10)8(11)12/h1-4,7H,(H,11,12)/t7-/m0/s1. The van der Waals surface area contributed by atoms with E-state index in [-0.39, 0.29) is 0 Å². The van der Waals surface area contributed by atoms with Crippen molar-refractivity contribution in [3.05, 3.63) is 34.3 Å². The molecular weight excluding hydrogens is 243 g/mol. The van der Waals surface area contributed by atoms with E-state index in [0.29, 0.717) is 5.56 Å². The maximum absolute atomic E-state index is 10.5. The van der Waals surface area contributed by atoms with E-state index in [0.717, 1.165) is 4.47 Å². The number of rotatable bonds is 2. The van der Waals surface area contributed by atoms with Crippen LogP contribution in [0.1, 0.15) is 10.9 Å². The first kappa shape index (κ1) is 9.55. The fourth-order valence-corrected chi connectivity index (χ4v) is 1.36.